The van der Waals surface area contributed by atoms with E-state index in [9.17, 15) is 0 Å². The number of hydrogen-bond acceptors (Lipinski definition) is 1. The van der Waals surface area contributed by atoms with Crippen molar-refractivity contribution in [2.75, 3.05) is 6.54 Å². The van der Waals surface area contributed by atoms with Crippen molar-refractivity contribution < 1.29 is 0 Å². The summed E-state index contributed by atoms with van der Waals surface area (Å²) in [6, 6.07) is 6.85. The zero-order valence-corrected chi connectivity index (χ0v) is 9.84. The highest BCUT2D eigenvalue weighted by molar-refractivity contribution is 5.29. The van der Waals surface area contributed by atoms with Crippen molar-refractivity contribution in [1.29, 1.82) is 0 Å². The summed E-state index contributed by atoms with van der Waals surface area (Å²) in [4.78, 5) is 0. The van der Waals surface area contributed by atoms with Gasteiger partial charge in [0.1, 0.15) is 0 Å². The molecule has 1 aromatic rings. The van der Waals surface area contributed by atoms with Gasteiger partial charge in [-0.1, -0.05) is 35.7 Å². The van der Waals surface area contributed by atoms with Crippen molar-refractivity contribution in [2.24, 2.45) is 11.1 Å². The second-order valence-corrected chi connectivity index (χ2v) is 5.23. The molecule has 1 heteroatoms. The van der Waals surface area contributed by atoms with Crippen LogP contribution >= 0.6 is 0 Å². The van der Waals surface area contributed by atoms with Gasteiger partial charge in [-0.15, -0.1) is 0 Å². The van der Waals surface area contributed by atoms with Crippen LogP contribution in [0.5, 0.6) is 0 Å². The molecule has 0 unspecified atom stereocenters. The maximum absolute atomic E-state index is 5.89. The summed E-state index contributed by atoms with van der Waals surface area (Å²) in [5.74, 6) is 0. The zero-order valence-electron chi connectivity index (χ0n) is 9.84. The normalized spacial score (nSPS) is 18.6. The van der Waals surface area contributed by atoms with E-state index in [1.807, 2.05) is 0 Å². The second-order valence-electron chi connectivity index (χ2n) is 5.23. The number of aryl methyl sites for hydroxylation is 2. The standard InChI is InChI=1S/C14H21N/c1-11-6-12(2)8-13(7-11)9-14(10-15)4-3-5-14/h6-8H,3-5,9-10,15H2,1-2H3. The Morgan fingerprint density at radius 1 is 1.13 bits per heavy atom. The van der Waals surface area contributed by atoms with Gasteiger partial charge in [-0.25, -0.2) is 0 Å². The minimum atomic E-state index is 0.431. The molecule has 0 heterocycles. The Hall–Kier alpha value is -0.820. The van der Waals surface area contributed by atoms with Gasteiger partial charge < -0.3 is 5.73 Å². The average Bonchev–Trinajstić information content (AvgIpc) is 2.10. The van der Waals surface area contributed by atoms with Gasteiger partial charge in [0.25, 0.3) is 0 Å². The molecule has 0 saturated heterocycles. The molecular formula is C14H21N. The third-order valence-electron chi connectivity index (χ3n) is 3.71. The molecule has 82 valence electrons. The Morgan fingerprint density at radius 2 is 1.73 bits per heavy atom. The Morgan fingerprint density at radius 3 is 2.13 bits per heavy atom. The lowest BCUT2D eigenvalue weighted by atomic mass is 9.65. The topological polar surface area (TPSA) is 26.0 Å². The van der Waals surface area contributed by atoms with Crippen LogP contribution in [0.1, 0.15) is 36.0 Å². The van der Waals surface area contributed by atoms with Gasteiger partial charge >= 0.3 is 0 Å². The summed E-state index contributed by atoms with van der Waals surface area (Å²) in [5.41, 5.74) is 10.5. The van der Waals surface area contributed by atoms with Crippen molar-refractivity contribution >= 4 is 0 Å². The van der Waals surface area contributed by atoms with Crippen molar-refractivity contribution in [2.45, 2.75) is 39.5 Å². The quantitative estimate of drug-likeness (QED) is 0.803. The summed E-state index contributed by atoms with van der Waals surface area (Å²) in [6.45, 7) is 5.19. The Kier molecular flexibility index (Phi) is 2.83. The molecule has 2 N–H and O–H groups in total. The van der Waals surface area contributed by atoms with Crippen LogP contribution < -0.4 is 5.73 Å². The highest BCUT2D eigenvalue weighted by Crippen LogP contribution is 2.42. The van der Waals surface area contributed by atoms with Crippen LogP contribution in [0, 0.1) is 19.3 Å². The van der Waals surface area contributed by atoms with Gasteiger partial charge in [-0.05, 0) is 50.6 Å². The Labute approximate surface area is 92.7 Å². The lowest BCUT2D eigenvalue weighted by Gasteiger charge is -2.41. The maximum Gasteiger partial charge on any atom is -0.00173 e. The first kappa shape index (κ1) is 10.7. The van der Waals surface area contributed by atoms with E-state index in [1.54, 1.807) is 0 Å². The predicted molar refractivity (Wildman–Crippen MR) is 65.0 cm³/mol. The molecular weight excluding hydrogens is 182 g/mol. The number of nitrogens with two attached hydrogens (primary N) is 1. The summed E-state index contributed by atoms with van der Waals surface area (Å²) >= 11 is 0. The fourth-order valence-electron chi connectivity index (χ4n) is 2.73. The highest BCUT2D eigenvalue weighted by Gasteiger charge is 2.35. The highest BCUT2D eigenvalue weighted by atomic mass is 14.6. The Bertz CT molecular complexity index is 325. The largest absolute Gasteiger partial charge is 0.330 e. The number of hydrogen-bond donors (Lipinski definition) is 1. The zero-order chi connectivity index (χ0) is 10.9. The molecule has 0 atom stereocenters. The maximum atomic E-state index is 5.89. The first-order valence-electron chi connectivity index (χ1n) is 5.91. The summed E-state index contributed by atoms with van der Waals surface area (Å²) in [6.07, 6.45) is 5.17. The third kappa shape index (κ3) is 2.23. The van der Waals surface area contributed by atoms with Crippen LogP contribution in [-0.4, -0.2) is 6.54 Å². The molecule has 0 amide bonds. The van der Waals surface area contributed by atoms with Gasteiger partial charge in [0.15, 0.2) is 0 Å². The lowest BCUT2D eigenvalue weighted by Crippen LogP contribution is -2.39. The van der Waals surface area contributed by atoms with Gasteiger partial charge in [-0.3, -0.25) is 0 Å². The predicted octanol–water partition coefficient (Wildman–Crippen LogP) is 2.97. The fraction of sp³-hybridized carbons (Fsp3) is 0.571. The minimum absolute atomic E-state index is 0.431. The number of rotatable bonds is 3. The van der Waals surface area contributed by atoms with Crippen LogP contribution in [0.2, 0.25) is 0 Å². The van der Waals surface area contributed by atoms with E-state index in [1.165, 1.54) is 42.4 Å². The van der Waals surface area contributed by atoms with E-state index in [0.29, 0.717) is 5.41 Å². The molecule has 1 aliphatic rings. The van der Waals surface area contributed by atoms with E-state index in [4.69, 9.17) is 5.73 Å². The summed E-state index contributed by atoms with van der Waals surface area (Å²) < 4.78 is 0. The van der Waals surface area contributed by atoms with Gasteiger partial charge in [0.2, 0.25) is 0 Å². The molecule has 0 aliphatic heterocycles. The summed E-state index contributed by atoms with van der Waals surface area (Å²) in [5, 5.41) is 0. The molecule has 2 rings (SSSR count). The smallest absolute Gasteiger partial charge is 0.00173 e. The second kappa shape index (κ2) is 3.97. The van der Waals surface area contributed by atoms with E-state index in [0.717, 1.165) is 6.54 Å². The van der Waals surface area contributed by atoms with Crippen LogP contribution in [0.15, 0.2) is 18.2 Å². The molecule has 0 aromatic heterocycles. The lowest BCUT2D eigenvalue weighted by molar-refractivity contribution is 0.145. The molecule has 1 aromatic carbocycles. The molecule has 1 saturated carbocycles. The first-order valence-corrected chi connectivity index (χ1v) is 5.91. The SMILES string of the molecule is Cc1cc(C)cc(CC2(CN)CCC2)c1. The van der Waals surface area contributed by atoms with Crippen LogP contribution in [0.25, 0.3) is 0 Å². The van der Waals surface area contributed by atoms with Crippen molar-refractivity contribution in [3.05, 3.63) is 34.9 Å². The fourth-order valence-corrected chi connectivity index (χ4v) is 2.73. The Balaban J connectivity index is 2.16. The molecule has 1 aliphatic carbocycles. The molecule has 1 nitrogen and oxygen atoms in total. The summed E-state index contributed by atoms with van der Waals surface area (Å²) in [7, 11) is 0. The average molecular weight is 203 g/mol. The third-order valence-corrected chi connectivity index (χ3v) is 3.71. The molecule has 0 spiro atoms. The minimum Gasteiger partial charge on any atom is -0.330 e. The molecule has 15 heavy (non-hydrogen) atoms. The van der Waals surface area contributed by atoms with Crippen molar-refractivity contribution in [1.82, 2.24) is 0 Å². The van der Waals surface area contributed by atoms with Crippen molar-refractivity contribution in [3.8, 4) is 0 Å². The van der Waals surface area contributed by atoms with E-state index in [-0.39, 0.29) is 0 Å². The molecule has 0 radical (unpaired) electrons. The molecule has 0 bridgehead atoms. The van der Waals surface area contributed by atoms with Gasteiger partial charge in [-0.2, -0.15) is 0 Å². The first-order chi connectivity index (χ1) is 7.13. The van der Waals surface area contributed by atoms with Crippen molar-refractivity contribution in [3.63, 3.8) is 0 Å². The van der Waals surface area contributed by atoms with Crippen LogP contribution in [-0.2, 0) is 6.42 Å². The van der Waals surface area contributed by atoms with Gasteiger partial charge in [0.05, 0.1) is 0 Å². The van der Waals surface area contributed by atoms with E-state index >= 15 is 0 Å². The number of benzene rings is 1. The van der Waals surface area contributed by atoms with Crippen LogP contribution in [0.3, 0.4) is 0 Å². The van der Waals surface area contributed by atoms with E-state index in [2.05, 4.69) is 32.0 Å². The van der Waals surface area contributed by atoms with E-state index < -0.39 is 0 Å². The molecule has 1 fully saturated rings. The van der Waals surface area contributed by atoms with Crippen LogP contribution in [0.4, 0.5) is 0 Å². The monoisotopic (exact) mass is 203 g/mol. The van der Waals surface area contributed by atoms with Gasteiger partial charge in [0, 0.05) is 0 Å².